The number of halogens is 8. The van der Waals surface area contributed by atoms with Crippen LogP contribution in [0.4, 0.5) is 37.4 Å². The van der Waals surface area contributed by atoms with E-state index >= 15 is 0 Å². The molecule has 0 saturated heterocycles. The van der Waals surface area contributed by atoms with Crippen LogP contribution in [0.25, 0.3) is 6.08 Å². The zero-order valence-electron chi connectivity index (χ0n) is 17.8. The molecular weight excluding hydrogens is 546 g/mol. The zero-order valence-corrected chi connectivity index (χ0v) is 18.6. The summed E-state index contributed by atoms with van der Waals surface area (Å²) >= 11 is 0. The quantitative estimate of drug-likeness (QED) is 0.129. The molecule has 0 N–H and O–H groups in total. The van der Waals surface area contributed by atoms with Crippen molar-refractivity contribution in [1.29, 1.82) is 0 Å². The van der Waals surface area contributed by atoms with E-state index in [1.807, 2.05) is 0 Å². The molecule has 19 heteroatoms. The molecule has 10 nitrogen and oxygen atoms in total. The van der Waals surface area contributed by atoms with Crippen LogP contribution >= 0.6 is 10.2 Å². The normalized spacial score (nSPS) is 19.2. The summed E-state index contributed by atoms with van der Waals surface area (Å²) in [6, 6.07) is -0.113. The molecule has 0 saturated carbocycles. The van der Waals surface area contributed by atoms with E-state index in [4.69, 9.17) is 0 Å². The average molecular weight is 561 g/mol. The molecule has 0 amide bonds. The highest BCUT2D eigenvalue weighted by atomic mass is 32.5. The number of benzene rings is 1. The first-order valence-electron chi connectivity index (χ1n) is 9.25. The summed E-state index contributed by atoms with van der Waals surface area (Å²) in [5.41, 5.74) is -2.37. The van der Waals surface area contributed by atoms with Crippen LogP contribution in [0, 0.1) is 10.1 Å². The smallest absolute Gasteiger partial charge is 0.475 e. The number of fused-ring (bicyclic) bond motifs is 1. The van der Waals surface area contributed by atoms with Gasteiger partial charge in [-0.05, 0) is 31.2 Å². The van der Waals surface area contributed by atoms with Gasteiger partial charge in [0.15, 0.2) is 0 Å². The number of esters is 1. The third kappa shape index (κ3) is 7.75. The zero-order chi connectivity index (χ0) is 27.8. The van der Waals surface area contributed by atoms with Crippen molar-refractivity contribution in [2.45, 2.75) is 43.4 Å². The van der Waals surface area contributed by atoms with Gasteiger partial charge in [0.2, 0.25) is 12.4 Å². The van der Waals surface area contributed by atoms with Crippen molar-refractivity contribution in [3.8, 4) is 5.75 Å². The van der Waals surface area contributed by atoms with Gasteiger partial charge in [0.1, 0.15) is 23.4 Å². The van der Waals surface area contributed by atoms with E-state index in [1.54, 1.807) is 0 Å². The molecule has 1 aromatic carbocycles. The molecule has 0 spiro atoms. The van der Waals surface area contributed by atoms with Crippen LogP contribution in [-0.4, -0.2) is 48.5 Å². The van der Waals surface area contributed by atoms with Gasteiger partial charge in [-0.1, -0.05) is 19.4 Å². The average Bonchev–Trinajstić information content (AvgIpc) is 2.68. The molecule has 204 valence electrons. The first-order valence-corrected chi connectivity index (χ1v) is 11.2. The summed E-state index contributed by atoms with van der Waals surface area (Å²) in [5, 5.41) is 8.89. The number of carbonyl (C=O) groups excluding carboxylic acids is 2. The fourth-order valence-corrected chi connectivity index (χ4v) is 3.27. The summed E-state index contributed by atoms with van der Waals surface area (Å²) in [6.45, 7) is 1.26. The van der Waals surface area contributed by atoms with E-state index in [0.29, 0.717) is 0 Å². The summed E-state index contributed by atoms with van der Waals surface area (Å²) in [6.07, 6.45) is -12.9. The van der Waals surface area contributed by atoms with Crippen molar-refractivity contribution >= 4 is 28.4 Å². The topological polar surface area (TPSA) is 123 Å². The van der Waals surface area contributed by atoms with E-state index in [2.05, 4.69) is 23.8 Å². The van der Waals surface area contributed by atoms with Gasteiger partial charge >= 0.3 is 28.5 Å². The minimum absolute atomic E-state index is 0.162. The van der Waals surface area contributed by atoms with E-state index in [9.17, 15) is 52.3 Å². The Morgan fingerprint density at radius 2 is 1.72 bits per heavy atom. The van der Waals surface area contributed by atoms with Gasteiger partial charge in [0.05, 0.1) is 5.57 Å². The molecule has 0 bridgehead atoms. The maximum atomic E-state index is 13.4. The summed E-state index contributed by atoms with van der Waals surface area (Å²) in [5.74, 6) is -2.76. The molecule has 2 unspecified atom stereocenters. The third-order valence-corrected chi connectivity index (χ3v) is 5.19. The van der Waals surface area contributed by atoms with Crippen LogP contribution < -0.4 is 4.74 Å². The molecule has 36 heavy (non-hydrogen) atoms. The van der Waals surface area contributed by atoms with Gasteiger partial charge in [0, 0.05) is 12.5 Å². The van der Waals surface area contributed by atoms with Crippen LogP contribution in [0.15, 0.2) is 28.7 Å². The Labute approximate surface area is 195 Å². The Bertz CT molecular complexity index is 1090. The van der Waals surface area contributed by atoms with Crippen molar-refractivity contribution in [3.05, 3.63) is 39.4 Å². The molecule has 1 aliphatic rings. The molecule has 2 rings (SSSR count). The van der Waals surface area contributed by atoms with Gasteiger partial charge < -0.3 is 23.8 Å². The Balaban J connectivity index is 2.24. The molecule has 1 aliphatic heterocycles. The minimum atomic E-state index is -10.2. The first kappa shape index (κ1) is 28.7. The first-order chi connectivity index (χ1) is 16.1. The Morgan fingerprint density at radius 3 is 2.25 bits per heavy atom. The number of rotatable bonds is 8. The lowest BCUT2D eigenvalue weighted by Crippen LogP contribution is -2.41. The fourth-order valence-electron chi connectivity index (χ4n) is 2.60. The van der Waals surface area contributed by atoms with Gasteiger partial charge in [-0.3, -0.25) is 0 Å². The highest BCUT2D eigenvalue weighted by Crippen LogP contribution is 3.02. The second-order valence-electron chi connectivity index (χ2n) is 7.10. The van der Waals surface area contributed by atoms with Crippen molar-refractivity contribution < 1.29 is 71.1 Å². The fraction of sp³-hybridized carbons (Fsp3) is 0.412. The second-order valence-corrected chi connectivity index (χ2v) is 9.51. The van der Waals surface area contributed by atoms with Crippen LogP contribution in [-0.2, 0) is 23.8 Å². The predicted molar refractivity (Wildman–Crippen MR) is 102 cm³/mol. The number of nitrogens with zero attached hydrogens (tertiary/aromatic N) is 1. The third-order valence-electron chi connectivity index (χ3n) is 4.05. The van der Waals surface area contributed by atoms with Crippen molar-refractivity contribution in [2.75, 3.05) is 6.61 Å². The van der Waals surface area contributed by atoms with Crippen molar-refractivity contribution in [1.82, 2.24) is 0 Å². The van der Waals surface area contributed by atoms with E-state index in [0.717, 1.165) is 13.8 Å². The minimum Gasteiger partial charge on any atom is -0.475 e. The molecule has 0 fully saturated rings. The molecular formula is C17H15F8NO9S. The van der Waals surface area contributed by atoms with E-state index < -0.39 is 80.5 Å². The lowest BCUT2D eigenvalue weighted by molar-refractivity contribution is -0.759. The van der Waals surface area contributed by atoms with Crippen LogP contribution in [0.5, 0.6) is 5.75 Å². The monoisotopic (exact) mass is 561 g/mol. The molecule has 0 radical (unpaired) electrons. The maximum absolute atomic E-state index is 13.4. The molecule has 1 aromatic rings. The highest BCUT2D eigenvalue weighted by molar-refractivity contribution is 8.45. The number of alkyl halides is 3. The largest absolute Gasteiger partial charge is 0.511 e. The number of carbonyl (C=O) groups is 2. The standard InChI is InChI=1S/C17H15F8NO9S/c1-8(7-31-26(29)30)32-16(28)34-9(2)33-15(27)12-6-10-5-11(36(21,22,23,24)25)3-4-13(10)35-14(12)17(18,19)20/h3-6,8-9,14H,7H2,1-2H3/t8?,9?,14-/m0/s1. The van der Waals surface area contributed by atoms with E-state index in [1.165, 1.54) is 0 Å². The number of hydrogen-bond acceptors (Lipinski definition) is 9. The predicted octanol–water partition coefficient (Wildman–Crippen LogP) is 5.69. The number of ether oxygens (including phenoxy) is 4. The van der Waals surface area contributed by atoms with Gasteiger partial charge in [-0.2, -0.15) is 13.2 Å². The van der Waals surface area contributed by atoms with Crippen molar-refractivity contribution in [2.24, 2.45) is 0 Å². The Kier molecular flexibility index (Phi) is 7.07. The molecule has 3 atom stereocenters. The number of hydrogen-bond donors (Lipinski definition) is 0. The van der Waals surface area contributed by atoms with Gasteiger partial charge in [0.25, 0.3) is 5.09 Å². The van der Waals surface area contributed by atoms with E-state index in [-0.39, 0.29) is 24.3 Å². The highest BCUT2D eigenvalue weighted by Gasteiger charge is 2.65. The van der Waals surface area contributed by atoms with Crippen LogP contribution in [0.3, 0.4) is 0 Å². The van der Waals surface area contributed by atoms with Gasteiger partial charge in [-0.15, -0.1) is 10.1 Å². The summed E-state index contributed by atoms with van der Waals surface area (Å²) < 4.78 is 124. The summed E-state index contributed by atoms with van der Waals surface area (Å²) in [7, 11) is -10.2. The van der Waals surface area contributed by atoms with Crippen LogP contribution in [0.1, 0.15) is 19.4 Å². The molecule has 0 aromatic heterocycles. The molecule has 1 heterocycles. The summed E-state index contributed by atoms with van der Waals surface area (Å²) in [4.78, 5) is 35.5. The van der Waals surface area contributed by atoms with Crippen LogP contribution in [0.2, 0.25) is 0 Å². The Hall–Kier alpha value is -3.51. The van der Waals surface area contributed by atoms with Crippen molar-refractivity contribution in [3.63, 3.8) is 0 Å². The SMILES string of the molecule is CC(CO[N+](=O)[O-])OC(=O)OC(C)OC(=O)C1=Cc2cc(S(F)(F)(F)(F)F)ccc2O[C@@H]1C(F)(F)F. The Morgan fingerprint density at radius 1 is 1.11 bits per heavy atom. The van der Waals surface area contributed by atoms with Gasteiger partial charge in [-0.25, -0.2) is 9.59 Å². The lowest BCUT2D eigenvalue weighted by atomic mass is 10.0. The maximum Gasteiger partial charge on any atom is 0.511 e. The second kappa shape index (κ2) is 8.86. The lowest BCUT2D eigenvalue weighted by Gasteiger charge is -2.41. The molecule has 0 aliphatic carbocycles.